The van der Waals surface area contributed by atoms with E-state index in [0.717, 1.165) is 15.8 Å². The Hall–Kier alpha value is -1.82. The predicted molar refractivity (Wildman–Crippen MR) is 78.0 cm³/mol. The molecule has 0 aliphatic rings. The van der Waals surface area contributed by atoms with Crippen molar-refractivity contribution < 1.29 is 13.9 Å². The molecule has 20 heavy (non-hydrogen) atoms. The molecule has 0 aliphatic carbocycles. The number of hydrogen-bond donors (Lipinski definition) is 1. The summed E-state index contributed by atoms with van der Waals surface area (Å²) in [5, 5.41) is 2.81. The number of nitrogens with zero attached hydrogens (tertiary/aromatic N) is 1. The summed E-state index contributed by atoms with van der Waals surface area (Å²) in [6.45, 7) is 2.21. The van der Waals surface area contributed by atoms with Crippen molar-refractivity contribution in [2.75, 3.05) is 13.7 Å². The highest BCUT2D eigenvalue weighted by molar-refractivity contribution is 9.10. The molecule has 0 atom stereocenters. The van der Waals surface area contributed by atoms with Crippen LogP contribution in [0.4, 0.5) is 0 Å². The maximum atomic E-state index is 11.9. The fourth-order valence-corrected chi connectivity index (χ4v) is 2.47. The Morgan fingerprint density at radius 1 is 1.50 bits per heavy atom. The smallest absolute Gasteiger partial charge is 0.273 e. The number of benzene rings is 1. The third-order valence-corrected chi connectivity index (χ3v) is 3.52. The van der Waals surface area contributed by atoms with E-state index in [9.17, 15) is 4.79 Å². The number of oxazole rings is 1. The highest BCUT2D eigenvalue weighted by Gasteiger charge is 2.13. The standard InChI is InChI=1S/C14H15BrN2O3/c1-9-12(17-8-20-9)14(18)16-7-6-10-4-3-5-11(15)13(10)19-2/h3-5,8H,6-7H2,1-2H3,(H,16,18). The van der Waals surface area contributed by atoms with Crippen LogP contribution < -0.4 is 10.1 Å². The zero-order chi connectivity index (χ0) is 14.5. The fraction of sp³-hybridized carbons (Fsp3) is 0.286. The zero-order valence-electron chi connectivity index (χ0n) is 11.3. The lowest BCUT2D eigenvalue weighted by Gasteiger charge is -2.10. The zero-order valence-corrected chi connectivity index (χ0v) is 12.9. The summed E-state index contributed by atoms with van der Waals surface area (Å²) < 4.78 is 11.2. The summed E-state index contributed by atoms with van der Waals surface area (Å²) >= 11 is 3.43. The van der Waals surface area contributed by atoms with Crippen molar-refractivity contribution in [3.05, 3.63) is 46.1 Å². The Morgan fingerprint density at radius 2 is 2.30 bits per heavy atom. The van der Waals surface area contributed by atoms with E-state index in [-0.39, 0.29) is 5.91 Å². The first-order valence-corrected chi connectivity index (χ1v) is 6.92. The molecule has 1 aromatic heterocycles. The van der Waals surface area contributed by atoms with E-state index in [1.165, 1.54) is 6.39 Å². The Balaban J connectivity index is 1.95. The third-order valence-electron chi connectivity index (χ3n) is 2.89. The van der Waals surface area contributed by atoms with Crippen LogP contribution in [0.3, 0.4) is 0 Å². The molecule has 0 fully saturated rings. The summed E-state index contributed by atoms with van der Waals surface area (Å²) in [7, 11) is 1.63. The number of aromatic nitrogens is 1. The highest BCUT2D eigenvalue weighted by Crippen LogP contribution is 2.28. The van der Waals surface area contributed by atoms with Gasteiger partial charge >= 0.3 is 0 Å². The third kappa shape index (κ3) is 3.19. The minimum atomic E-state index is -0.231. The average Bonchev–Trinajstić information content (AvgIpc) is 2.85. The van der Waals surface area contributed by atoms with Crippen molar-refractivity contribution in [3.8, 4) is 5.75 Å². The second kappa shape index (κ2) is 6.56. The summed E-state index contributed by atoms with van der Waals surface area (Å²) in [5.74, 6) is 1.08. The first kappa shape index (κ1) is 14.6. The minimum Gasteiger partial charge on any atom is -0.495 e. The molecule has 0 bridgehead atoms. The molecule has 2 aromatic rings. The maximum absolute atomic E-state index is 11.9. The SMILES string of the molecule is COc1c(Br)cccc1CCNC(=O)c1ncoc1C. The number of hydrogen-bond acceptors (Lipinski definition) is 4. The number of carbonyl (C=O) groups excluding carboxylic acids is 1. The van der Waals surface area contributed by atoms with Gasteiger partial charge in [0.05, 0.1) is 11.6 Å². The van der Waals surface area contributed by atoms with Gasteiger partial charge in [-0.1, -0.05) is 12.1 Å². The van der Waals surface area contributed by atoms with E-state index in [0.29, 0.717) is 24.4 Å². The summed E-state index contributed by atoms with van der Waals surface area (Å²) in [4.78, 5) is 15.7. The van der Waals surface area contributed by atoms with Crippen LogP contribution in [0.2, 0.25) is 0 Å². The van der Waals surface area contributed by atoms with E-state index in [2.05, 4.69) is 26.2 Å². The lowest BCUT2D eigenvalue weighted by Crippen LogP contribution is -2.26. The van der Waals surface area contributed by atoms with Gasteiger partial charge in [0.1, 0.15) is 11.5 Å². The summed E-state index contributed by atoms with van der Waals surface area (Å²) in [6, 6.07) is 5.82. The molecule has 1 amide bonds. The van der Waals surface area contributed by atoms with Crippen molar-refractivity contribution in [1.82, 2.24) is 10.3 Å². The van der Waals surface area contributed by atoms with Gasteiger partial charge in [-0.25, -0.2) is 4.98 Å². The van der Waals surface area contributed by atoms with Gasteiger partial charge in [0.15, 0.2) is 12.1 Å². The van der Waals surface area contributed by atoms with Crippen LogP contribution in [0.1, 0.15) is 21.8 Å². The number of carbonyl (C=O) groups is 1. The highest BCUT2D eigenvalue weighted by atomic mass is 79.9. The van der Waals surface area contributed by atoms with Gasteiger partial charge in [0.25, 0.3) is 5.91 Å². The maximum Gasteiger partial charge on any atom is 0.273 e. The topological polar surface area (TPSA) is 64.4 Å². The molecule has 1 aromatic carbocycles. The van der Waals surface area contributed by atoms with Crippen LogP contribution in [-0.2, 0) is 6.42 Å². The van der Waals surface area contributed by atoms with Gasteiger partial charge in [-0.05, 0) is 40.9 Å². The molecule has 0 radical (unpaired) electrons. The normalized spacial score (nSPS) is 10.3. The molecule has 0 saturated carbocycles. The van der Waals surface area contributed by atoms with E-state index >= 15 is 0 Å². The van der Waals surface area contributed by atoms with E-state index < -0.39 is 0 Å². The number of ether oxygens (including phenoxy) is 1. The lowest BCUT2D eigenvalue weighted by atomic mass is 10.1. The average molecular weight is 339 g/mol. The van der Waals surface area contributed by atoms with Gasteiger partial charge in [-0.3, -0.25) is 4.79 Å². The van der Waals surface area contributed by atoms with E-state index in [1.54, 1.807) is 14.0 Å². The van der Waals surface area contributed by atoms with Crippen molar-refractivity contribution in [3.63, 3.8) is 0 Å². The summed E-state index contributed by atoms with van der Waals surface area (Å²) in [5.41, 5.74) is 1.35. The van der Waals surface area contributed by atoms with Gasteiger partial charge in [-0.15, -0.1) is 0 Å². The van der Waals surface area contributed by atoms with Gasteiger partial charge in [0.2, 0.25) is 0 Å². The fourth-order valence-electron chi connectivity index (χ4n) is 1.90. The second-order valence-corrected chi connectivity index (χ2v) is 5.05. The van der Waals surface area contributed by atoms with Crippen LogP contribution in [0, 0.1) is 6.92 Å². The number of rotatable bonds is 5. The molecule has 6 heteroatoms. The van der Waals surface area contributed by atoms with Crippen LogP contribution in [0.5, 0.6) is 5.75 Å². The van der Waals surface area contributed by atoms with Crippen molar-refractivity contribution in [1.29, 1.82) is 0 Å². The number of amides is 1. The second-order valence-electron chi connectivity index (χ2n) is 4.20. The molecular formula is C14H15BrN2O3. The monoisotopic (exact) mass is 338 g/mol. The molecule has 0 saturated heterocycles. The largest absolute Gasteiger partial charge is 0.495 e. The Bertz CT molecular complexity index is 610. The van der Waals surface area contributed by atoms with Crippen LogP contribution >= 0.6 is 15.9 Å². The number of nitrogens with one attached hydrogen (secondary N) is 1. The van der Waals surface area contributed by atoms with Gasteiger partial charge in [-0.2, -0.15) is 0 Å². The van der Waals surface area contributed by atoms with Crippen molar-refractivity contribution >= 4 is 21.8 Å². The van der Waals surface area contributed by atoms with Gasteiger partial charge < -0.3 is 14.5 Å². The molecule has 106 valence electrons. The molecular weight excluding hydrogens is 324 g/mol. The molecule has 0 spiro atoms. The molecule has 0 aliphatic heterocycles. The van der Waals surface area contributed by atoms with Gasteiger partial charge in [0, 0.05) is 6.54 Å². The predicted octanol–water partition coefficient (Wildman–Crippen LogP) is 2.73. The van der Waals surface area contributed by atoms with E-state index in [4.69, 9.17) is 9.15 Å². The minimum absolute atomic E-state index is 0.231. The van der Waals surface area contributed by atoms with Crippen LogP contribution in [0.15, 0.2) is 33.5 Å². The van der Waals surface area contributed by atoms with Crippen LogP contribution in [-0.4, -0.2) is 24.5 Å². The molecule has 1 N–H and O–H groups in total. The molecule has 2 rings (SSSR count). The van der Waals surface area contributed by atoms with Crippen molar-refractivity contribution in [2.24, 2.45) is 0 Å². The first-order chi connectivity index (χ1) is 9.63. The number of methoxy groups -OCH3 is 1. The first-order valence-electron chi connectivity index (χ1n) is 6.13. The quantitative estimate of drug-likeness (QED) is 0.910. The molecule has 0 unspecified atom stereocenters. The Labute approximate surface area is 125 Å². The number of aryl methyl sites for hydroxylation is 1. The summed E-state index contributed by atoms with van der Waals surface area (Å²) in [6.07, 6.45) is 1.94. The molecule has 1 heterocycles. The number of halogens is 1. The lowest BCUT2D eigenvalue weighted by molar-refractivity contribution is 0.0948. The van der Waals surface area contributed by atoms with Crippen LogP contribution in [0.25, 0.3) is 0 Å². The Morgan fingerprint density at radius 3 is 2.95 bits per heavy atom. The molecule has 5 nitrogen and oxygen atoms in total. The number of para-hydroxylation sites is 1. The van der Waals surface area contributed by atoms with Crippen molar-refractivity contribution in [2.45, 2.75) is 13.3 Å². The Kier molecular flexibility index (Phi) is 4.79. The van der Waals surface area contributed by atoms with E-state index in [1.807, 2.05) is 18.2 Å².